The SMILES string of the molecule is CC(=O)N[C@@H](Cc1ccc(O)cc1)C(=O)N[C@H](C(=O)N[C@H](C)C(=O)NCCC1CCCCC1)C(C)C. The molecule has 1 aliphatic rings. The van der Waals surface area contributed by atoms with Gasteiger partial charge in [0.25, 0.3) is 0 Å². The summed E-state index contributed by atoms with van der Waals surface area (Å²) in [6.07, 6.45) is 7.37. The number of phenols is 1. The number of hydrogen-bond acceptors (Lipinski definition) is 5. The van der Waals surface area contributed by atoms with Gasteiger partial charge in [0.2, 0.25) is 23.6 Å². The molecule has 0 heterocycles. The van der Waals surface area contributed by atoms with Gasteiger partial charge in [-0.1, -0.05) is 58.1 Å². The summed E-state index contributed by atoms with van der Waals surface area (Å²) in [6.45, 7) is 7.12. The third-order valence-electron chi connectivity index (χ3n) is 6.65. The fourth-order valence-corrected chi connectivity index (χ4v) is 4.51. The van der Waals surface area contributed by atoms with E-state index >= 15 is 0 Å². The van der Waals surface area contributed by atoms with E-state index in [1.54, 1.807) is 32.9 Å². The summed E-state index contributed by atoms with van der Waals surface area (Å²) in [6, 6.07) is 3.81. The molecule has 1 fully saturated rings. The first-order chi connectivity index (χ1) is 17.1. The number of hydrogen-bond donors (Lipinski definition) is 5. The van der Waals surface area contributed by atoms with Gasteiger partial charge in [-0.15, -0.1) is 0 Å². The van der Waals surface area contributed by atoms with Crippen LogP contribution in [-0.2, 0) is 25.6 Å². The van der Waals surface area contributed by atoms with E-state index in [0.717, 1.165) is 12.0 Å². The van der Waals surface area contributed by atoms with E-state index in [1.807, 2.05) is 0 Å². The molecule has 0 unspecified atom stereocenters. The molecule has 1 aromatic rings. The molecular weight excluding hydrogens is 460 g/mol. The lowest BCUT2D eigenvalue weighted by Crippen LogP contribution is -2.58. The van der Waals surface area contributed by atoms with Gasteiger partial charge in [-0.3, -0.25) is 19.2 Å². The van der Waals surface area contributed by atoms with Crippen molar-refractivity contribution in [3.63, 3.8) is 0 Å². The fraction of sp³-hybridized carbons (Fsp3) is 0.630. The van der Waals surface area contributed by atoms with E-state index in [-0.39, 0.29) is 29.9 Å². The Morgan fingerprint density at radius 2 is 1.53 bits per heavy atom. The van der Waals surface area contributed by atoms with Crippen LogP contribution in [0.25, 0.3) is 0 Å². The zero-order valence-electron chi connectivity index (χ0n) is 21.9. The van der Waals surface area contributed by atoms with E-state index in [1.165, 1.54) is 51.2 Å². The molecule has 0 spiro atoms. The number of carbonyl (C=O) groups excluding carboxylic acids is 4. The number of amides is 4. The minimum absolute atomic E-state index is 0.1000. The monoisotopic (exact) mass is 502 g/mol. The summed E-state index contributed by atoms with van der Waals surface area (Å²) in [7, 11) is 0. The lowest BCUT2D eigenvalue weighted by Gasteiger charge is -2.26. The van der Waals surface area contributed by atoms with Gasteiger partial charge >= 0.3 is 0 Å². The highest BCUT2D eigenvalue weighted by Gasteiger charge is 2.30. The molecule has 9 heteroatoms. The molecule has 36 heavy (non-hydrogen) atoms. The average Bonchev–Trinajstić information content (AvgIpc) is 2.83. The first kappa shape index (κ1) is 29.1. The third-order valence-corrected chi connectivity index (χ3v) is 6.65. The molecule has 3 atom stereocenters. The number of aromatic hydroxyl groups is 1. The average molecular weight is 503 g/mol. The predicted octanol–water partition coefficient (Wildman–Crippen LogP) is 2.17. The van der Waals surface area contributed by atoms with Gasteiger partial charge < -0.3 is 26.4 Å². The zero-order valence-corrected chi connectivity index (χ0v) is 21.9. The van der Waals surface area contributed by atoms with Gasteiger partial charge in [0.1, 0.15) is 23.9 Å². The fourth-order valence-electron chi connectivity index (χ4n) is 4.51. The Bertz CT molecular complexity index is 881. The second-order valence-corrected chi connectivity index (χ2v) is 10.2. The van der Waals surface area contributed by atoms with Crippen molar-refractivity contribution in [3.8, 4) is 5.75 Å². The van der Waals surface area contributed by atoms with Crippen molar-refractivity contribution in [3.05, 3.63) is 29.8 Å². The van der Waals surface area contributed by atoms with Crippen LogP contribution in [0.2, 0.25) is 0 Å². The molecule has 2 rings (SSSR count). The summed E-state index contributed by atoms with van der Waals surface area (Å²) in [5, 5.41) is 20.5. The van der Waals surface area contributed by atoms with Crippen LogP contribution in [0.4, 0.5) is 0 Å². The third kappa shape index (κ3) is 9.87. The summed E-state index contributed by atoms with van der Waals surface area (Å²) in [5.74, 6) is -1.08. The topological polar surface area (TPSA) is 137 Å². The van der Waals surface area contributed by atoms with Crippen molar-refractivity contribution in [1.82, 2.24) is 21.3 Å². The van der Waals surface area contributed by atoms with Crippen LogP contribution in [0.1, 0.15) is 71.8 Å². The molecule has 0 radical (unpaired) electrons. The van der Waals surface area contributed by atoms with Gasteiger partial charge in [-0.2, -0.15) is 0 Å². The molecule has 0 aromatic heterocycles. The van der Waals surface area contributed by atoms with Crippen molar-refractivity contribution < 1.29 is 24.3 Å². The molecule has 1 saturated carbocycles. The summed E-state index contributed by atoms with van der Waals surface area (Å²) in [4.78, 5) is 50.2. The van der Waals surface area contributed by atoms with Crippen LogP contribution in [0.3, 0.4) is 0 Å². The maximum absolute atomic E-state index is 13.0. The number of rotatable bonds is 12. The van der Waals surface area contributed by atoms with Crippen LogP contribution in [-0.4, -0.2) is 53.4 Å². The molecule has 0 bridgehead atoms. The van der Waals surface area contributed by atoms with E-state index in [2.05, 4.69) is 21.3 Å². The first-order valence-corrected chi connectivity index (χ1v) is 13.0. The number of nitrogens with one attached hydrogen (secondary N) is 4. The van der Waals surface area contributed by atoms with Crippen molar-refractivity contribution in [1.29, 1.82) is 0 Å². The van der Waals surface area contributed by atoms with E-state index in [9.17, 15) is 24.3 Å². The summed E-state index contributed by atoms with van der Waals surface area (Å²) < 4.78 is 0. The zero-order chi connectivity index (χ0) is 26.7. The van der Waals surface area contributed by atoms with Crippen LogP contribution < -0.4 is 21.3 Å². The number of phenolic OH excluding ortho intramolecular Hbond substituents is 1. The smallest absolute Gasteiger partial charge is 0.243 e. The molecule has 4 amide bonds. The lowest BCUT2D eigenvalue weighted by molar-refractivity contribution is -0.134. The van der Waals surface area contributed by atoms with E-state index < -0.39 is 29.9 Å². The second kappa shape index (κ2) is 14.5. The van der Waals surface area contributed by atoms with Crippen LogP contribution in [0, 0.1) is 11.8 Å². The number of carbonyl (C=O) groups is 4. The standard InChI is InChI=1S/C27H42N4O5/c1-17(2)24(27(36)29-18(3)25(34)28-15-14-20-8-6-5-7-9-20)31-26(35)23(30-19(4)32)16-21-10-12-22(33)13-11-21/h10-13,17-18,20,23-24,33H,5-9,14-16H2,1-4H3,(H,28,34)(H,29,36)(H,30,32)(H,31,35)/t18-,23+,24+/m1/s1. The Morgan fingerprint density at radius 1 is 0.889 bits per heavy atom. The summed E-state index contributed by atoms with van der Waals surface area (Å²) in [5.41, 5.74) is 0.741. The quantitative estimate of drug-likeness (QED) is 0.298. The highest BCUT2D eigenvalue weighted by Crippen LogP contribution is 2.25. The Morgan fingerprint density at radius 3 is 2.11 bits per heavy atom. The maximum atomic E-state index is 13.0. The Balaban J connectivity index is 1.92. The lowest BCUT2D eigenvalue weighted by atomic mass is 9.87. The van der Waals surface area contributed by atoms with Gasteiger partial charge in [-0.05, 0) is 42.9 Å². The predicted molar refractivity (Wildman–Crippen MR) is 138 cm³/mol. The first-order valence-electron chi connectivity index (χ1n) is 13.0. The molecule has 5 N–H and O–H groups in total. The van der Waals surface area contributed by atoms with Crippen LogP contribution in [0.15, 0.2) is 24.3 Å². The highest BCUT2D eigenvalue weighted by atomic mass is 16.3. The molecule has 0 aliphatic heterocycles. The Hall–Kier alpha value is -3.10. The van der Waals surface area contributed by atoms with E-state index in [4.69, 9.17) is 0 Å². The molecule has 9 nitrogen and oxygen atoms in total. The maximum Gasteiger partial charge on any atom is 0.243 e. The minimum Gasteiger partial charge on any atom is -0.508 e. The van der Waals surface area contributed by atoms with Crippen molar-refractivity contribution in [2.75, 3.05) is 6.54 Å². The largest absolute Gasteiger partial charge is 0.508 e. The van der Waals surface area contributed by atoms with Crippen molar-refractivity contribution in [2.45, 2.75) is 90.8 Å². The van der Waals surface area contributed by atoms with Gasteiger partial charge in [0, 0.05) is 19.9 Å². The molecule has 200 valence electrons. The number of benzene rings is 1. The Labute approximate surface area is 214 Å². The normalized spacial score (nSPS) is 16.5. The van der Waals surface area contributed by atoms with Crippen molar-refractivity contribution in [2.24, 2.45) is 11.8 Å². The van der Waals surface area contributed by atoms with Crippen molar-refractivity contribution >= 4 is 23.6 Å². The highest BCUT2D eigenvalue weighted by molar-refractivity contribution is 5.94. The second-order valence-electron chi connectivity index (χ2n) is 10.2. The van der Waals surface area contributed by atoms with Crippen LogP contribution >= 0.6 is 0 Å². The Kier molecular flexibility index (Phi) is 11.7. The van der Waals surface area contributed by atoms with E-state index in [0.29, 0.717) is 12.5 Å². The molecule has 1 aliphatic carbocycles. The van der Waals surface area contributed by atoms with Gasteiger partial charge in [0.15, 0.2) is 0 Å². The molecular formula is C27H42N4O5. The molecule has 1 aromatic carbocycles. The van der Waals surface area contributed by atoms with Gasteiger partial charge in [-0.25, -0.2) is 0 Å². The minimum atomic E-state index is -0.901. The summed E-state index contributed by atoms with van der Waals surface area (Å²) >= 11 is 0. The van der Waals surface area contributed by atoms with Gasteiger partial charge in [0.05, 0.1) is 0 Å². The van der Waals surface area contributed by atoms with Crippen LogP contribution in [0.5, 0.6) is 5.75 Å². The molecule has 0 saturated heterocycles.